The average Bonchev–Trinajstić information content (AvgIpc) is 2.28. The molecule has 0 atom stereocenters. The van der Waals surface area contributed by atoms with E-state index in [1.807, 2.05) is 19.1 Å². The molecule has 2 N–H and O–H groups in total. The molecule has 0 heterocycles. The molecular formula is C17H23NO4. The lowest BCUT2D eigenvalue weighted by Crippen LogP contribution is -2.42. The first-order valence-electron chi connectivity index (χ1n) is 7.49. The summed E-state index contributed by atoms with van der Waals surface area (Å²) in [6, 6.07) is 5.43. The van der Waals surface area contributed by atoms with Crippen LogP contribution in [0.2, 0.25) is 0 Å². The Morgan fingerprint density at radius 2 is 1.91 bits per heavy atom. The molecule has 0 aromatic heterocycles. The molecule has 1 amide bonds. The molecule has 0 radical (unpaired) electrons. The molecule has 1 aromatic carbocycles. The third-order valence-corrected chi connectivity index (χ3v) is 4.04. The van der Waals surface area contributed by atoms with Crippen molar-refractivity contribution >= 4 is 17.7 Å². The van der Waals surface area contributed by atoms with Crippen LogP contribution in [0.15, 0.2) is 18.2 Å². The van der Waals surface area contributed by atoms with Crippen molar-refractivity contribution in [1.29, 1.82) is 0 Å². The van der Waals surface area contributed by atoms with E-state index in [1.54, 1.807) is 26.8 Å². The Labute approximate surface area is 130 Å². The highest BCUT2D eigenvalue weighted by molar-refractivity contribution is 5.87. The number of hydrogen-bond acceptors (Lipinski definition) is 3. The molecule has 22 heavy (non-hydrogen) atoms. The Kier molecular flexibility index (Phi) is 4.18. The molecule has 5 nitrogen and oxygen atoms in total. The highest BCUT2D eigenvalue weighted by Gasteiger charge is 2.46. The van der Waals surface area contributed by atoms with Gasteiger partial charge in [-0.15, -0.1) is 0 Å². The number of aliphatic carboxylic acids is 1. The number of carboxylic acids is 1. The largest absolute Gasteiger partial charge is 0.481 e. The molecule has 0 aliphatic heterocycles. The monoisotopic (exact) mass is 305 g/mol. The summed E-state index contributed by atoms with van der Waals surface area (Å²) in [5, 5.41) is 12.2. The van der Waals surface area contributed by atoms with Gasteiger partial charge in [-0.25, -0.2) is 4.79 Å². The molecule has 0 bridgehead atoms. The predicted molar refractivity (Wildman–Crippen MR) is 84.2 cm³/mol. The third kappa shape index (κ3) is 3.24. The molecule has 1 aliphatic rings. The minimum Gasteiger partial charge on any atom is -0.481 e. The lowest BCUT2D eigenvalue weighted by molar-refractivity contribution is -0.147. The summed E-state index contributed by atoms with van der Waals surface area (Å²) in [6.07, 6.45) is 1.65. The molecular weight excluding hydrogens is 282 g/mol. The number of carboxylic acid groups (broad SMARTS) is 1. The molecule has 1 aliphatic carbocycles. The Morgan fingerprint density at radius 1 is 1.27 bits per heavy atom. The number of anilines is 1. The highest BCUT2D eigenvalue weighted by atomic mass is 16.6. The number of carbonyl (C=O) groups is 2. The summed E-state index contributed by atoms with van der Waals surface area (Å²) in [5.41, 5.74) is 0.820. The van der Waals surface area contributed by atoms with E-state index in [9.17, 15) is 14.7 Å². The fourth-order valence-corrected chi connectivity index (χ4v) is 2.62. The van der Waals surface area contributed by atoms with Gasteiger partial charge in [-0.2, -0.15) is 0 Å². The zero-order valence-electron chi connectivity index (χ0n) is 13.5. The van der Waals surface area contributed by atoms with E-state index in [0.717, 1.165) is 17.5 Å². The number of hydrogen-bond donors (Lipinski definition) is 2. The van der Waals surface area contributed by atoms with Crippen LogP contribution in [0, 0.1) is 6.92 Å². The maximum atomic E-state index is 11.9. The lowest BCUT2D eigenvalue weighted by atomic mass is 9.64. The smallest absolute Gasteiger partial charge is 0.412 e. The van der Waals surface area contributed by atoms with Crippen LogP contribution in [-0.2, 0) is 14.9 Å². The number of benzene rings is 1. The zero-order valence-corrected chi connectivity index (χ0v) is 13.5. The molecule has 1 saturated carbocycles. The number of aryl methyl sites for hydroxylation is 1. The molecule has 0 unspecified atom stereocenters. The van der Waals surface area contributed by atoms with Gasteiger partial charge in [-0.1, -0.05) is 18.6 Å². The van der Waals surface area contributed by atoms with Crippen LogP contribution in [0.25, 0.3) is 0 Å². The Morgan fingerprint density at radius 3 is 2.36 bits per heavy atom. The summed E-state index contributed by atoms with van der Waals surface area (Å²) >= 11 is 0. The summed E-state index contributed by atoms with van der Waals surface area (Å²) in [5.74, 6) is -0.800. The average molecular weight is 305 g/mol. The van der Waals surface area contributed by atoms with Crippen LogP contribution < -0.4 is 5.32 Å². The van der Waals surface area contributed by atoms with Gasteiger partial charge in [0.25, 0.3) is 0 Å². The number of nitrogens with one attached hydrogen (secondary N) is 1. The summed E-state index contributed by atoms with van der Waals surface area (Å²) in [7, 11) is 0. The van der Waals surface area contributed by atoms with Gasteiger partial charge in [0.15, 0.2) is 0 Å². The van der Waals surface area contributed by atoms with E-state index in [0.29, 0.717) is 18.5 Å². The maximum Gasteiger partial charge on any atom is 0.412 e. The second kappa shape index (κ2) is 5.63. The van der Waals surface area contributed by atoms with E-state index in [4.69, 9.17) is 4.74 Å². The van der Waals surface area contributed by atoms with Crippen molar-refractivity contribution in [2.45, 2.75) is 58.0 Å². The van der Waals surface area contributed by atoms with Gasteiger partial charge in [0, 0.05) is 5.69 Å². The minimum absolute atomic E-state index is 0.536. The van der Waals surface area contributed by atoms with Gasteiger partial charge in [0.05, 0.1) is 5.41 Å². The van der Waals surface area contributed by atoms with Crippen molar-refractivity contribution in [1.82, 2.24) is 0 Å². The summed E-state index contributed by atoms with van der Waals surface area (Å²) < 4.78 is 5.24. The number of rotatable bonds is 3. The van der Waals surface area contributed by atoms with E-state index in [1.165, 1.54) is 0 Å². The Hall–Kier alpha value is -2.04. The van der Waals surface area contributed by atoms with Gasteiger partial charge in [0.1, 0.15) is 5.60 Å². The summed E-state index contributed by atoms with van der Waals surface area (Å²) in [6.45, 7) is 7.25. The lowest BCUT2D eigenvalue weighted by Gasteiger charge is -2.38. The SMILES string of the molecule is Cc1ccc(C2(C(=O)O)CCC2)cc1NC(=O)OC(C)(C)C. The molecule has 2 rings (SSSR count). The van der Waals surface area contributed by atoms with E-state index >= 15 is 0 Å². The van der Waals surface area contributed by atoms with Gasteiger partial charge in [0.2, 0.25) is 0 Å². The van der Waals surface area contributed by atoms with Crippen molar-refractivity contribution in [2.24, 2.45) is 0 Å². The molecule has 0 saturated heterocycles. The van der Waals surface area contributed by atoms with Crippen LogP contribution in [0.5, 0.6) is 0 Å². The van der Waals surface area contributed by atoms with E-state index in [-0.39, 0.29) is 0 Å². The fraction of sp³-hybridized carbons (Fsp3) is 0.529. The van der Waals surface area contributed by atoms with E-state index in [2.05, 4.69) is 5.32 Å². The second-order valence-electron chi connectivity index (χ2n) is 6.90. The second-order valence-corrected chi connectivity index (χ2v) is 6.90. The van der Waals surface area contributed by atoms with Crippen molar-refractivity contribution < 1.29 is 19.4 Å². The van der Waals surface area contributed by atoms with Gasteiger partial charge < -0.3 is 9.84 Å². The maximum absolute atomic E-state index is 11.9. The van der Waals surface area contributed by atoms with Crippen molar-refractivity contribution in [3.8, 4) is 0 Å². The van der Waals surface area contributed by atoms with E-state index < -0.39 is 23.1 Å². The first-order valence-corrected chi connectivity index (χ1v) is 7.49. The number of ether oxygens (including phenoxy) is 1. The predicted octanol–water partition coefficient (Wildman–Crippen LogP) is 3.85. The Balaban J connectivity index is 2.24. The normalized spacial score (nSPS) is 16.5. The van der Waals surface area contributed by atoms with Gasteiger partial charge >= 0.3 is 12.1 Å². The number of carbonyl (C=O) groups excluding carboxylic acids is 1. The number of amides is 1. The first-order chi connectivity index (χ1) is 10.1. The summed E-state index contributed by atoms with van der Waals surface area (Å²) in [4.78, 5) is 23.5. The molecule has 1 fully saturated rings. The highest BCUT2D eigenvalue weighted by Crippen LogP contribution is 2.44. The third-order valence-electron chi connectivity index (χ3n) is 4.04. The molecule has 1 aromatic rings. The van der Waals surface area contributed by atoms with Crippen LogP contribution in [0.1, 0.15) is 51.2 Å². The fourth-order valence-electron chi connectivity index (χ4n) is 2.62. The van der Waals surface area contributed by atoms with Gasteiger partial charge in [-0.05, 0) is 57.7 Å². The van der Waals surface area contributed by atoms with Crippen LogP contribution in [0.3, 0.4) is 0 Å². The molecule has 5 heteroatoms. The van der Waals surface area contributed by atoms with Crippen molar-refractivity contribution in [2.75, 3.05) is 5.32 Å². The minimum atomic E-state index is -0.807. The quantitative estimate of drug-likeness (QED) is 0.889. The van der Waals surface area contributed by atoms with Crippen LogP contribution >= 0.6 is 0 Å². The van der Waals surface area contributed by atoms with Gasteiger partial charge in [-0.3, -0.25) is 10.1 Å². The Bertz CT molecular complexity index is 597. The molecule has 120 valence electrons. The molecule has 0 spiro atoms. The standard InChI is InChI=1S/C17H23NO4/c1-11-6-7-12(17(14(19)20)8-5-9-17)10-13(11)18-15(21)22-16(2,3)4/h6-7,10H,5,8-9H2,1-4H3,(H,18,21)(H,19,20). The first kappa shape index (κ1) is 16.3. The van der Waals surface area contributed by atoms with Crippen molar-refractivity contribution in [3.05, 3.63) is 29.3 Å². The van der Waals surface area contributed by atoms with Crippen LogP contribution in [0.4, 0.5) is 10.5 Å². The van der Waals surface area contributed by atoms with Crippen LogP contribution in [-0.4, -0.2) is 22.8 Å². The van der Waals surface area contributed by atoms with Crippen molar-refractivity contribution in [3.63, 3.8) is 0 Å². The zero-order chi connectivity index (χ0) is 16.5. The topological polar surface area (TPSA) is 75.6 Å².